The first-order valence-corrected chi connectivity index (χ1v) is 3.73. The lowest BCUT2D eigenvalue weighted by molar-refractivity contribution is -0.707. The van der Waals surface area contributed by atoms with Crippen LogP contribution in [0.5, 0.6) is 0 Å². The second-order valence-corrected chi connectivity index (χ2v) is 2.57. The van der Waals surface area contributed by atoms with Gasteiger partial charge < -0.3 is 0 Å². The van der Waals surface area contributed by atoms with Gasteiger partial charge in [-0.3, -0.25) is 0 Å². The van der Waals surface area contributed by atoms with Crippen molar-refractivity contribution in [1.29, 1.82) is 0 Å². The van der Waals surface area contributed by atoms with Crippen LogP contribution in [0.2, 0.25) is 0 Å². The van der Waals surface area contributed by atoms with Crippen molar-refractivity contribution >= 4 is 0 Å². The molecule has 1 aliphatic carbocycles. The van der Waals surface area contributed by atoms with Crippen molar-refractivity contribution in [3.05, 3.63) is 0 Å². The summed E-state index contributed by atoms with van der Waals surface area (Å²) in [5, 5.41) is 18.6. The third-order valence-electron chi connectivity index (χ3n) is 1.79. The van der Waals surface area contributed by atoms with Crippen molar-refractivity contribution in [1.82, 2.24) is 0 Å². The zero-order chi connectivity index (χ0) is 7.94. The van der Waals surface area contributed by atoms with E-state index in [0.717, 1.165) is 25.7 Å². The van der Waals surface area contributed by atoms with E-state index in [1.807, 2.05) is 0 Å². The molecule has 1 fully saturated rings. The number of hydrogen-bond acceptors (Lipinski definition) is 5. The second kappa shape index (κ2) is 5.45. The monoisotopic (exact) mass is 164 g/mol. The van der Waals surface area contributed by atoms with Gasteiger partial charge in [-0.1, -0.05) is 19.3 Å². The fourth-order valence-electron chi connectivity index (χ4n) is 1.25. The molecule has 0 unspecified atom stereocenters. The third kappa shape index (κ3) is 3.64. The van der Waals surface area contributed by atoms with Crippen LogP contribution in [0.3, 0.4) is 0 Å². The van der Waals surface area contributed by atoms with E-state index in [4.69, 9.17) is 10.1 Å². The molecule has 66 valence electrons. The Balaban J connectivity index is 1.96. The molecule has 1 saturated carbocycles. The molecule has 0 bridgehead atoms. The van der Waals surface area contributed by atoms with Crippen LogP contribution in [0.4, 0.5) is 0 Å². The number of hydrogen-bond donors (Lipinski definition) is 1. The maximum Gasteiger partial charge on any atom is 0.0962 e. The Morgan fingerprint density at radius 1 is 1.00 bits per heavy atom. The molecule has 0 aromatic rings. The van der Waals surface area contributed by atoms with Gasteiger partial charge in [-0.15, -0.1) is 0 Å². The molecule has 0 atom stereocenters. The first kappa shape index (κ1) is 8.89. The highest BCUT2D eigenvalue weighted by atomic mass is 17.8. The van der Waals surface area contributed by atoms with Crippen LogP contribution < -0.4 is 0 Å². The van der Waals surface area contributed by atoms with Crippen LogP contribution in [0.25, 0.3) is 0 Å². The first-order valence-electron chi connectivity index (χ1n) is 3.73. The predicted molar refractivity (Wildman–Crippen MR) is 33.8 cm³/mol. The lowest BCUT2D eigenvalue weighted by Crippen LogP contribution is -2.16. The Bertz CT molecular complexity index is 91.0. The molecule has 0 heterocycles. The van der Waals surface area contributed by atoms with Crippen LogP contribution >= 0.6 is 0 Å². The van der Waals surface area contributed by atoms with Gasteiger partial charge in [0.15, 0.2) is 0 Å². The average molecular weight is 164 g/mol. The normalized spacial score (nSPS) is 20.5. The van der Waals surface area contributed by atoms with Gasteiger partial charge in [-0.05, 0) is 28.0 Å². The minimum absolute atomic E-state index is 0.0684. The zero-order valence-corrected chi connectivity index (χ0v) is 6.19. The van der Waals surface area contributed by atoms with Gasteiger partial charge in [0.05, 0.1) is 6.10 Å². The van der Waals surface area contributed by atoms with Crippen LogP contribution in [-0.4, -0.2) is 11.4 Å². The standard InChI is InChI=1S/C6H12O5/c7-9-11-10-8-6-4-2-1-3-5-6/h6-7H,1-5H2. The van der Waals surface area contributed by atoms with Crippen LogP contribution in [0.1, 0.15) is 32.1 Å². The summed E-state index contributed by atoms with van der Waals surface area (Å²) in [4.78, 5) is 4.72. The van der Waals surface area contributed by atoms with Gasteiger partial charge in [-0.2, -0.15) is 0 Å². The molecule has 1 rings (SSSR count). The minimum atomic E-state index is 0.0684. The molecule has 0 aliphatic heterocycles. The molecule has 1 aliphatic rings. The largest absolute Gasteiger partial charge is 0.219 e. The van der Waals surface area contributed by atoms with Gasteiger partial charge in [0, 0.05) is 0 Å². The van der Waals surface area contributed by atoms with E-state index in [2.05, 4.69) is 15.1 Å². The smallest absolute Gasteiger partial charge is 0.0962 e. The summed E-state index contributed by atoms with van der Waals surface area (Å²) in [7, 11) is 0. The maximum atomic E-state index is 7.67. The van der Waals surface area contributed by atoms with E-state index in [1.54, 1.807) is 0 Å². The van der Waals surface area contributed by atoms with Crippen molar-refractivity contribution in [2.45, 2.75) is 38.2 Å². The summed E-state index contributed by atoms with van der Waals surface area (Å²) < 4.78 is 0. The second-order valence-electron chi connectivity index (χ2n) is 2.57. The Labute approximate surface area is 64.5 Å². The average Bonchev–Trinajstić information content (AvgIpc) is 2.07. The predicted octanol–water partition coefficient (Wildman–Crippen LogP) is 1.60. The van der Waals surface area contributed by atoms with Crippen molar-refractivity contribution in [2.24, 2.45) is 0 Å². The molecular weight excluding hydrogens is 152 g/mol. The highest BCUT2D eigenvalue weighted by Crippen LogP contribution is 2.20. The third-order valence-corrected chi connectivity index (χ3v) is 1.79. The van der Waals surface area contributed by atoms with E-state index >= 15 is 0 Å². The molecule has 0 radical (unpaired) electrons. The van der Waals surface area contributed by atoms with E-state index in [9.17, 15) is 0 Å². The molecule has 0 amide bonds. The molecule has 5 heteroatoms. The molecule has 0 spiro atoms. The molecule has 0 aromatic carbocycles. The Hall–Kier alpha value is -0.200. The van der Waals surface area contributed by atoms with Gasteiger partial charge in [0.25, 0.3) is 0 Å². The summed E-state index contributed by atoms with van der Waals surface area (Å²) in [5.41, 5.74) is 0. The molecule has 0 saturated heterocycles. The highest BCUT2D eigenvalue weighted by molar-refractivity contribution is 4.62. The van der Waals surface area contributed by atoms with E-state index < -0.39 is 0 Å². The first-order chi connectivity index (χ1) is 5.43. The fourth-order valence-corrected chi connectivity index (χ4v) is 1.25. The summed E-state index contributed by atoms with van der Waals surface area (Å²) in [6.45, 7) is 0. The fraction of sp³-hybridized carbons (Fsp3) is 1.00. The zero-order valence-electron chi connectivity index (χ0n) is 6.19. The lowest BCUT2D eigenvalue weighted by atomic mass is 9.98. The van der Waals surface area contributed by atoms with E-state index in [0.29, 0.717) is 0 Å². The van der Waals surface area contributed by atoms with Crippen LogP contribution in [0.15, 0.2) is 0 Å². The van der Waals surface area contributed by atoms with Crippen molar-refractivity contribution < 1.29 is 25.3 Å². The molecule has 5 nitrogen and oxygen atoms in total. The van der Waals surface area contributed by atoms with Crippen molar-refractivity contribution in [2.75, 3.05) is 0 Å². The number of rotatable bonds is 4. The quantitative estimate of drug-likeness (QED) is 0.388. The Morgan fingerprint density at radius 3 is 2.36 bits per heavy atom. The summed E-state index contributed by atoms with van der Waals surface area (Å²) in [6.07, 6.45) is 5.54. The summed E-state index contributed by atoms with van der Waals surface area (Å²) in [6, 6.07) is 0. The van der Waals surface area contributed by atoms with Crippen LogP contribution in [-0.2, 0) is 20.0 Å². The summed E-state index contributed by atoms with van der Waals surface area (Å²) in [5.74, 6) is 0. The molecular formula is C6H12O5. The van der Waals surface area contributed by atoms with Gasteiger partial charge >= 0.3 is 0 Å². The van der Waals surface area contributed by atoms with E-state index in [1.165, 1.54) is 6.42 Å². The van der Waals surface area contributed by atoms with Gasteiger partial charge in [0.1, 0.15) is 0 Å². The topological polar surface area (TPSA) is 57.2 Å². The maximum absolute atomic E-state index is 7.67. The Kier molecular flexibility index (Phi) is 4.41. The van der Waals surface area contributed by atoms with Crippen LogP contribution in [0, 0.1) is 0 Å². The van der Waals surface area contributed by atoms with Gasteiger partial charge in [0.2, 0.25) is 0 Å². The van der Waals surface area contributed by atoms with Crippen molar-refractivity contribution in [3.8, 4) is 0 Å². The molecule has 1 N–H and O–H groups in total. The Morgan fingerprint density at radius 2 is 1.73 bits per heavy atom. The van der Waals surface area contributed by atoms with Crippen molar-refractivity contribution in [3.63, 3.8) is 0 Å². The minimum Gasteiger partial charge on any atom is -0.219 e. The summed E-state index contributed by atoms with van der Waals surface area (Å²) >= 11 is 0. The van der Waals surface area contributed by atoms with Gasteiger partial charge in [-0.25, -0.2) is 10.1 Å². The van der Waals surface area contributed by atoms with E-state index in [-0.39, 0.29) is 6.10 Å². The SMILES string of the molecule is OOOOOC1CCCCC1. The highest BCUT2D eigenvalue weighted by Gasteiger charge is 2.14. The molecule has 11 heavy (non-hydrogen) atoms. The lowest BCUT2D eigenvalue weighted by Gasteiger charge is -2.18. The molecule has 0 aromatic heterocycles.